The molecule has 1 N–H and O–H groups in total. The number of hydrogen-bond donors (Lipinski definition) is 1. The summed E-state index contributed by atoms with van der Waals surface area (Å²) in [6.45, 7) is 1.42. The van der Waals surface area contributed by atoms with Crippen LogP contribution in [0.5, 0.6) is 0 Å². The normalized spacial score (nSPS) is 26.4. The zero-order valence-electron chi connectivity index (χ0n) is 21.4. The maximum Gasteiger partial charge on any atom is 0.416 e. The number of nitrogens with zero attached hydrogens (tertiary/aromatic N) is 1. The van der Waals surface area contributed by atoms with Crippen molar-refractivity contribution >= 4 is 18.3 Å². The first kappa shape index (κ1) is 31.2. The molecule has 39 heavy (non-hydrogen) atoms. The van der Waals surface area contributed by atoms with E-state index < -0.39 is 41.5 Å². The van der Waals surface area contributed by atoms with Gasteiger partial charge in [0.05, 0.1) is 29.4 Å². The Morgan fingerprint density at radius 1 is 0.949 bits per heavy atom. The van der Waals surface area contributed by atoms with E-state index in [-0.39, 0.29) is 53.9 Å². The fourth-order valence-electron chi connectivity index (χ4n) is 5.71. The van der Waals surface area contributed by atoms with Gasteiger partial charge in [0.2, 0.25) is 5.91 Å². The van der Waals surface area contributed by atoms with Crippen molar-refractivity contribution in [2.24, 2.45) is 5.92 Å². The van der Waals surface area contributed by atoms with Gasteiger partial charge in [0.15, 0.2) is 0 Å². The van der Waals surface area contributed by atoms with Crippen LogP contribution in [-0.2, 0) is 21.9 Å². The summed E-state index contributed by atoms with van der Waals surface area (Å²) < 4.78 is 100. The zero-order chi connectivity index (χ0) is 28.0. The second-order valence-corrected chi connectivity index (χ2v) is 10.3. The van der Waals surface area contributed by atoms with E-state index in [4.69, 9.17) is 4.74 Å². The second-order valence-electron chi connectivity index (χ2n) is 10.3. The Kier molecular flexibility index (Phi) is 9.29. The highest BCUT2D eigenvalue weighted by Crippen LogP contribution is 2.47. The Morgan fingerprint density at radius 2 is 1.51 bits per heavy atom. The van der Waals surface area contributed by atoms with Gasteiger partial charge in [-0.1, -0.05) is 12.1 Å². The molecule has 1 aliphatic heterocycles. The van der Waals surface area contributed by atoms with Gasteiger partial charge in [-0.2, -0.15) is 26.3 Å². The van der Waals surface area contributed by atoms with E-state index in [1.165, 1.54) is 19.1 Å². The predicted molar refractivity (Wildman–Crippen MR) is 133 cm³/mol. The average Bonchev–Trinajstić information content (AvgIpc) is 3.41. The number of alkyl halides is 6. The van der Waals surface area contributed by atoms with Crippen LogP contribution in [0.25, 0.3) is 0 Å². The number of carbonyl (C=O) groups is 1. The summed E-state index contributed by atoms with van der Waals surface area (Å²) >= 11 is 0. The first-order chi connectivity index (χ1) is 17.6. The number of rotatable bonds is 6. The third-order valence-electron chi connectivity index (χ3n) is 7.61. The van der Waals surface area contributed by atoms with Gasteiger partial charge in [0.25, 0.3) is 0 Å². The molecule has 1 amide bonds. The van der Waals surface area contributed by atoms with Crippen molar-refractivity contribution in [3.63, 3.8) is 0 Å². The highest BCUT2D eigenvalue weighted by Gasteiger charge is 2.47. The Bertz CT molecular complexity index is 1120. The van der Waals surface area contributed by atoms with Crippen LogP contribution >= 0.6 is 12.4 Å². The number of nitrogens with one attached hydrogen (secondary N) is 1. The van der Waals surface area contributed by atoms with Gasteiger partial charge < -0.3 is 10.1 Å². The summed E-state index contributed by atoms with van der Waals surface area (Å²) in [5.74, 6) is -1.02. The van der Waals surface area contributed by atoms with Crippen LogP contribution in [0, 0.1) is 11.7 Å². The number of likely N-dealkylation sites (N-methyl/N-ethyl adjacent to an activating group) is 1. The van der Waals surface area contributed by atoms with E-state index in [1.54, 1.807) is 26.2 Å². The van der Waals surface area contributed by atoms with Crippen molar-refractivity contribution in [1.82, 2.24) is 10.2 Å². The van der Waals surface area contributed by atoms with Gasteiger partial charge >= 0.3 is 12.4 Å². The second kappa shape index (κ2) is 11.6. The number of amides is 1. The molecular weight excluding hydrogens is 553 g/mol. The fourth-order valence-corrected chi connectivity index (χ4v) is 5.71. The number of halogens is 8. The Balaban J connectivity index is 0.00000420. The molecule has 216 valence electrons. The summed E-state index contributed by atoms with van der Waals surface area (Å²) in [5.41, 5.74) is -2.31. The molecule has 0 unspecified atom stereocenters. The van der Waals surface area contributed by atoms with Crippen LogP contribution in [0.15, 0.2) is 42.5 Å². The standard InChI is InChI=1S/C27H29F7N2O2.ClH/c1-14(16-10-17(26(29,30)31)12-18(11-16)27(32,33)34)38-23-9-8-20(21-13-22(36(2)3)25(37)35-21)24(23)15-4-6-19(28)7-5-15;/h4-7,10-12,14,20-24H,8-9,13H2,1-3H3,(H,35,37);1H/t14-,20+,21-,22+,23+,24+;/m1./s1. The molecule has 1 heterocycles. The highest BCUT2D eigenvalue weighted by molar-refractivity contribution is 5.85. The largest absolute Gasteiger partial charge is 0.416 e. The maximum absolute atomic E-state index is 13.7. The van der Waals surface area contributed by atoms with Crippen molar-refractivity contribution in [3.8, 4) is 0 Å². The van der Waals surface area contributed by atoms with Crippen LogP contribution in [0.4, 0.5) is 30.7 Å². The summed E-state index contributed by atoms with van der Waals surface area (Å²) in [7, 11) is 3.60. The molecule has 1 saturated heterocycles. The van der Waals surface area contributed by atoms with Crippen LogP contribution < -0.4 is 5.32 Å². The smallest absolute Gasteiger partial charge is 0.370 e. The molecule has 2 aromatic rings. The third-order valence-corrected chi connectivity index (χ3v) is 7.61. The minimum Gasteiger partial charge on any atom is -0.370 e. The molecule has 0 radical (unpaired) electrons. The van der Waals surface area contributed by atoms with Gasteiger partial charge in [0.1, 0.15) is 5.82 Å². The number of hydrogen-bond acceptors (Lipinski definition) is 3. The summed E-state index contributed by atoms with van der Waals surface area (Å²) in [4.78, 5) is 14.3. The molecule has 4 rings (SSSR count). The van der Waals surface area contributed by atoms with Gasteiger partial charge in [0, 0.05) is 12.0 Å². The SMILES string of the molecule is C[C@@H](O[C@H]1CC[C@@H]([C@H]2C[C@H](N(C)C)C(=O)N2)[C@@H]1c1ccc(F)cc1)c1cc(C(F)(F)F)cc(C(F)(F)F)c1.Cl. The lowest BCUT2D eigenvalue weighted by molar-refractivity contribution is -0.143. The molecule has 0 aromatic heterocycles. The molecule has 1 saturated carbocycles. The highest BCUT2D eigenvalue weighted by atomic mass is 35.5. The van der Waals surface area contributed by atoms with E-state index in [0.29, 0.717) is 31.4 Å². The van der Waals surface area contributed by atoms with Crippen molar-refractivity contribution in [1.29, 1.82) is 0 Å². The minimum absolute atomic E-state index is 0. The summed E-state index contributed by atoms with van der Waals surface area (Å²) in [6.07, 6.45) is -9.96. The van der Waals surface area contributed by atoms with Crippen LogP contribution in [-0.4, -0.2) is 43.1 Å². The number of carbonyl (C=O) groups excluding carboxylic acids is 1. The lowest BCUT2D eigenvalue weighted by Gasteiger charge is -2.31. The summed E-state index contributed by atoms with van der Waals surface area (Å²) in [5, 5.41) is 3.03. The van der Waals surface area contributed by atoms with Gasteiger partial charge in [-0.05, 0) is 87.7 Å². The summed E-state index contributed by atoms with van der Waals surface area (Å²) in [6, 6.07) is 6.71. The third kappa shape index (κ3) is 6.86. The molecule has 4 nitrogen and oxygen atoms in total. The Morgan fingerprint density at radius 3 is 2.00 bits per heavy atom. The van der Waals surface area contributed by atoms with Gasteiger partial charge in [-0.25, -0.2) is 4.39 Å². The van der Waals surface area contributed by atoms with Crippen LogP contribution in [0.3, 0.4) is 0 Å². The van der Waals surface area contributed by atoms with Gasteiger partial charge in [-0.15, -0.1) is 12.4 Å². The molecule has 6 atom stereocenters. The van der Waals surface area contributed by atoms with E-state index in [0.717, 1.165) is 5.56 Å². The topological polar surface area (TPSA) is 41.6 Å². The maximum atomic E-state index is 13.7. The van der Waals surface area contributed by atoms with Crippen LogP contribution in [0.2, 0.25) is 0 Å². The van der Waals surface area contributed by atoms with E-state index >= 15 is 0 Å². The number of ether oxygens (including phenoxy) is 1. The first-order valence-electron chi connectivity index (χ1n) is 12.3. The Hall–Kier alpha value is -2.37. The predicted octanol–water partition coefficient (Wildman–Crippen LogP) is 6.74. The molecule has 2 aromatic carbocycles. The molecule has 0 spiro atoms. The molecule has 12 heteroatoms. The quantitative estimate of drug-likeness (QED) is 0.384. The molecule has 0 bridgehead atoms. The minimum atomic E-state index is -4.96. The van der Waals surface area contributed by atoms with Crippen molar-refractivity contribution < 1.29 is 40.3 Å². The van der Waals surface area contributed by atoms with E-state index in [1.807, 2.05) is 4.90 Å². The van der Waals surface area contributed by atoms with Gasteiger partial charge in [-0.3, -0.25) is 9.69 Å². The molecular formula is C27H30ClF7N2O2. The molecule has 2 aliphatic rings. The lowest BCUT2D eigenvalue weighted by atomic mass is 9.82. The van der Waals surface area contributed by atoms with E-state index in [9.17, 15) is 35.5 Å². The monoisotopic (exact) mass is 582 g/mol. The fraction of sp³-hybridized carbons (Fsp3) is 0.519. The average molecular weight is 583 g/mol. The van der Waals surface area contributed by atoms with Crippen molar-refractivity contribution in [3.05, 3.63) is 70.5 Å². The van der Waals surface area contributed by atoms with Crippen molar-refractivity contribution in [2.75, 3.05) is 14.1 Å². The van der Waals surface area contributed by atoms with Crippen molar-refractivity contribution in [2.45, 2.75) is 68.7 Å². The zero-order valence-corrected chi connectivity index (χ0v) is 22.3. The Labute approximate surface area is 228 Å². The molecule has 2 fully saturated rings. The first-order valence-corrected chi connectivity index (χ1v) is 12.3. The lowest BCUT2D eigenvalue weighted by Crippen LogP contribution is -2.37. The molecule has 1 aliphatic carbocycles. The van der Waals surface area contributed by atoms with E-state index in [2.05, 4.69) is 5.32 Å². The number of benzene rings is 2. The van der Waals surface area contributed by atoms with Crippen LogP contribution in [0.1, 0.15) is 60.5 Å².